The van der Waals surface area contributed by atoms with Crippen LogP contribution in [0.25, 0.3) is 0 Å². The van der Waals surface area contributed by atoms with E-state index in [4.69, 9.17) is 5.11 Å². The summed E-state index contributed by atoms with van der Waals surface area (Å²) in [6.07, 6.45) is 0.854. The molecule has 0 unspecified atom stereocenters. The Balaban J connectivity index is 2.51. The molecule has 80 valence electrons. The first kappa shape index (κ1) is 10.9. The predicted molar refractivity (Wildman–Crippen MR) is 50.4 cm³/mol. The molecule has 0 saturated carbocycles. The number of amides is 1. The van der Waals surface area contributed by atoms with E-state index in [0.29, 0.717) is 0 Å². The quantitative estimate of drug-likeness (QED) is 0.625. The third-order valence-electron chi connectivity index (χ3n) is 1.51. The molecule has 1 aromatic heterocycles. The van der Waals surface area contributed by atoms with Crippen LogP contribution in [0.15, 0.2) is 17.1 Å². The lowest BCUT2D eigenvalue weighted by atomic mass is 10.3. The van der Waals surface area contributed by atoms with E-state index in [-0.39, 0.29) is 18.7 Å². The van der Waals surface area contributed by atoms with Gasteiger partial charge in [-0.1, -0.05) is 0 Å². The first-order valence-corrected chi connectivity index (χ1v) is 4.15. The van der Waals surface area contributed by atoms with Crippen molar-refractivity contribution in [3.63, 3.8) is 0 Å². The molecule has 0 fully saturated rings. The summed E-state index contributed by atoms with van der Waals surface area (Å²) in [6.45, 7) is 0. The zero-order chi connectivity index (χ0) is 11.3. The third kappa shape index (κ3) is 4.03. The molecule has 0 aliphatic rings. The zero-order valence-corrected chi connectivity index (χ0v) is 7.69. The first-order valence-electron chi connectivity index (χ1n) is 4.15. The number of H-pyrrole nitrogens is 1. The highest BCUT2D eigenvalue weighted by molar-refractivity contribution is 5.91. The van der Waals surface area contributed by atoms with Crippen molar-refractivity contribution in [1.29, 1.82) is 0 Å². The topological polar surface area (TPSA) is 112 Å². The summed E-state index contributed by atoms with van der Waals surface area (Å²) in [5.41, 5.74) is -0.578. The SMILES string of the molecule is O=C(O)CCC(=O)Nc1ccnc(=O)[nH]1. The van der Waals surface area contributed by atoms with Crippen LogP contribution in [0, 0.1) is 0 Å². The standard InChI is InChI=1S/C8H9N3O4/c12-6(1-2-7(13)14)10-5-3-4-9-8(15)11-5/h3-4H,1-2H2,(H,13,14)(H2,9,10,11,12,15). The summed E-state index contributed by atoms with van der Waals surface area (Å²) >= 11 is 0. The Hall–Kier alpha value is -2.18. The third-order valence-corrected chi connectivity index (χ3v) is 1.51. The van der Waals surface area contributed by atoms with Crippen LogP contribution in [0.3, 0.4) is 0 Å². The Labute approximate surface area is 84.2 Å². The molecule has 0 saturated heterocycles. The highest BCUT2D eigenvalue weighted by Gasteiger charge is 2.05. The van der Waals surface area contributed by atoms with Gasteiger partial charge in [-0.25, -0.2) is 9.78 Å². The van der Waals surface area contributed by atoms with Crippen molar-refractivity contribution in [2.24, 2.45) is 0 Å². The molecular weight excluding hydrogens is 202 g/mol. The van der Waals surface area contributed by atoms with Gasteiger partial charge in [-0.05, 0) is 6.07 Å². The number of carboxylic acids is 1. The van der Waals surface area contributed by atoms with E-state index in [1.54, 1.807) is 0 Å². The van der Waals surface area contributed by atoms with Crippen LogP contribution in [0.1, 0.15) is 12.8 Å². The zero-order valence-electron chi connectivity index (χ0n) is 7.69. The molecule has 1 heterocycles. The highest BCUT2D eigenvalue weighted by atomic mass is 16.4. The van der Waals surface area contributed by atoms with E-state index in [9.17, 15) is 14.4 Å². The van der Waals surface area contributed by atoms with Crippen LogP contribution in [-0.4, -0.2) is 27.0 Å². The average molecular weight is 211 g/mol. The number of carbonyl (C=O) groups is 2. The largest absolute Gasteiger partial charge is 0.481 e. The average Bonchev–Trinajstić information content (AvgIpc) is 2.15. The van der Waals surface area contributed by atoms with Crippen molar-refractivity contribution >= 4 is 17.7 Å². The second-order valence-electron chi connectivity index (χ2n) is 2.73. The fraction of sp³-hybridized carbons (Fsp3) is 0.250. The summed E-state index contributed by atoms with van der Waals surface area (Å²) in [4.78, 5) is 37.6. The molecule has 1 amide bonds. The Kier molecular flexibility index (Phi) is 3.55. The van der Waals surface area contributed by atoms with Crippen molar-refractivity contribution in [2.45, 2.75) is 12.8 Å². The van der Waals surface area contributed by atoms with Crippen LogP contribution < -0.4 is 11.0 Å². The molecule has 0 aliphatic carbocycles. The van der Waals surface area contributed by atoms with Gasteiger partial charge < -0.3 is 10.4 Å². The van der Waals surface area contributed by atoms with Crippen LogP contribution in [0.4, 0.5) is 5.82 Å². The number of carbonyl (C=O) groups excluding carboxylic acids is 1. The summed E-state index contributed by atoms with van der Waals surface area (Å²) < 4.78 is 0. The van der Waals surface area contributed by atoms with Gasteiger partial charge in [-0.2, -0.15) is 0 Å². The molecule has 15 heavy (non-hydrogen) atoms. The number of hydrogen-bond donors (Lipinski definition) is 3. The molecule has 1 rings (SSSR count). The summed E-state index contributed by atoms with van der Waals surface area (Å²) in [5, 5.41) is 10.7. The summed E-state index contributed by atoms with van der Waals surface area (Å²) in [6, 6.07) is 1.40. The molecular formula is C8H9N3O4. The Bertz CT molecular complexity index is 426. The maximum atomic E-state index is 11.1. The number of nitrogens with zero attached hydrogens (tertiary/aromatic N) is 1. The number of anilines is 1. The number of aromatic amines is 1. The van der Waals surface area contributed by atoms with Crippen LogP contribution in [0.2, 0.25) is 0 Å². The maximum absolute atomic E-state index is 11.1. The molecule has 3 N–H and O–H groups in total. The number of aliphatic carboxylic acids is 1. The number of nitrogens with one attached hydrogen (secondary N) is 2. The van der Waals surface area contributed by atoms with E-state index in [2.05, 4.69) is 15.3 Å². The molecule has 0 aliphatic heterocycles. The number of hydrogen-bond acceptors (Lipinski definition) is 4. The minimum Gasteiger partial charge on any atom is -0.481 e. The molecule has 7 heteroatoms. The second-order valence-corrected chi connectivity index (χ2v) is 2.73. The van der Waals surface area contributed by atoms with Crippen LogP contribution in [0.5, 0.6) is 0 Å². The van der Waals surface area contributed by atoms with Crippen molar-refractivity contribution in [1.82, 2.24) is 9.97 Å². The van der Waals surface area contributed by atoms with Crippen molar-refractivity contribution in [3.05, 3.63) is 22.7 Å². The molecule has 7 nitrogen and oxygen atoms in total. The van der Waals surface area contributed by atoms with Gasteiger partial charge in [0.1, 0.15) is 5.82 Å². The normalized spacial score (nSPS) is 9.60. The van der Waals surface area contributed by atoms with E-state index >= 15 is 0 Å². The second kappa shape index (κ2) is 4.89. The predicted octanol–water partition coefficient (Wildman–Crippen LogP) is -0.427. The number of carboxylic acid groups (broad SMARTS) is 1. The Morgan fingerprint density at radius 2 is 2.20 bits per heavy atom. The van der Waals surface area contributed by atoms with Crippen LogP contribution >= 0.6 is 0 Å². The van der Waals surface area contributed by atoms with E-state index in [1.165, 1.54) is 12.3 Å². The van der Waals surface area contributed by atoms with Gasteiger partial charge >= 0.3 is 11.7 Å². The Morgan fingerprint density at radius 3 is 2.80 bits per heavy atom. The maximum Gasteiger partial charge on any atom is 0.346 e. The van der Waals surface area contributed by atoms with Gasteiger partial charge in [0.05, 0.1) is 6.42 Å². The minimum absolute atomic E-state index is 0.139. The Morgan fingerprint density at radius 1 is 1.47 bits per heavy atom. The van der Waals surface area contributed by atoms with E-state index in [0.717, 1.165) is 0 Å². The molecule has 0 radical (unpaired) electrons. The van der Waals surface area contributed by atoms with Crippen LogP contribution in [-0.2, 0) is 9.59 Å². The van der Waals surface area contributed by atoms with Crippen molar-refractivity contribution in [3.8, 4) is 0 Å². The molecule has 0 aromatic carbocycles. The first-order chi connectivity index (χ1) is 7.08. The molecule has 0 bridgehead atoms. The lowest BCUT2D eigenvalue weighted by Gasteiger charge is -2.02. The van der Waals surface area contributed by atoms with Gasteiger partial charge in [0.25, 0.3) is 0 Å². The lowest BCUT2D eigenvalue weighted by Crippen LogP contribution is -2.18. The van der Waals surface area contributed by atoms with Gasteiger partial charge in [0.15, 0.2) is 0 Å². The minimum atomic E-state index is -1.05. The fourth-order valence-corrected chi connectivity index (χ4v) is 0.875. The number of aromatic nitrogens is 2. The lowest BCUT2D eigenvalue weighted by molar-refractivity contribution is -0.138. The molecule has 1 aromatic rings. The van der Waals surface area contributed by atoms with Crippen molar-refractivity contribution in [2.75, 3.05) is 5.32 Å². The van der Waals surface area contributed by atoms with Gasteiger partial charge in [-0.15, -0.1) is 0 Å². The molecule has 0 spiro atoms. The van der Waals surface area contributed by atoms with E-state index in [1.807, 2.05) is 0 Å². The number of rotatable bonds is 4. The monoisotopic (exact) mass is 211 g/mol. The summed E-state index contributed by atoms with van der Waals surface area (Å²) in [7, 11) is 0. The van der Waals surface area contributed by atoms with Crippen molar-refractivity contribution < 1.29 is 14.7 Å². The molecule has 0 atom stereocenters. The fourth-order valence-electron chi connectivity index (χ4n) is 0.875. The summed E-state index contributed by atoms with van der Waals surface area (Å²) in [5.74, 6) is -1.32. The van der Waals surface area contributed by atoms with Gasteiger partial charge in [0.2, 0.25) is 5.91 Å². The van der Waals surface area contributed by atoms with E-state index < -0.39 is 17.6 Å². The van der Waals surface area contributed by atoms with Gasteiger partial charge in [0, 0.05) is 12.6 Å². The highest BCUT2D eigenvalue weighted by Crippen LogP contribution is 1.98. The smallest absolute Gasteiger partial charge is 0.346 e. The van der Waals surface area contributed by atoms with Gasteiger partial charge in [-0.3, -0.25) is 14.6 Å².